The second kappa shape index (κ2) is 8.48. The van der Waals surface area contributed by atoms with Gasteiger partial charge in [0.25, 0.3) is 0 Å². The van der Waals surface area contributed by atoms with Gasteiger partial charge < -0.3 is 14.8 Å². The Morgan fingerprint density at radius 1 is 1.07 bits per heavy atom. The third-order valence-corrected chi connectivity index (χ3v) is 6.45. The Bertz CT molecular complexity index is 772. The highest BCUT2D eigenvalue weighted by Crippen LogP contribution is 2.32. The molecule has 1 aliphatic carbocycles. The Morgan fingerprint density at radius 3 is 2.41 bits per heavy atom. The first-order chi connectivity index (χ1) is 12.9. The van der Waals surface area contributed by atoms with Gasteiger partial charge >= 0.3 is 0 Å². The zero-order valence-corrected chi connectivity index (χ0v) is 16.7. The molecule has 1 fully saturated rings. The summed E-state index contributed by atoms with van der Waals surface area (Å²) in [5.74, 6) is 0.478. The van der Waals surface area contributed by atoms with E-state index in [9.17, 15) is 13.2 Å². The summed E-state index contributed by atoms with van der Waals surface area (Å²) >= 11 is 0. The van der Waals surface area contributed by atoms with Gasteiger partial charge in [-0.3, -0.25) is 4.79 Å². The highest BCUT2D eigenvalue weighted by atomic mass is 32.2. The molecular weight excluding hydrogens is 368 g/mol. The molecule has 1 saturated carbocycles. The average molecular weight is 397 g/mol. The van der Waals surface area contributed by atoms with Crippen molar-refractivity contribution in [2.75, 3.05) is 13.2 Å². The first-order valence-corrected chi connectivity index (χ1v) is 11.1. The lowest BCUT2D eigenvalue weighted by Gasteiger charge is -2.27. The molecule has 2 N–H and O–H groups in total. The van der Waals surface area contributed by atoms with Gasteiger partial charge in [0.05, 0.1) is 4.90 Å². The van der Waals surface area contributed by atoms with Gasteiger partial charge in [-0.1, -0.05) is 33.1 Å². The summed E-state index contributed by atoms with van der Waals surface area (Å²) in [4.78, 5) is 12.8. The van der Waals surface area contributed by atoms with E-state index in [-0.39, 0.29) is 22.8 Å². The average Bonchev–Trinajstić information content (AvgIpc) is 2.66. The molecule has 1 atom stereocenters. The summed E-state index contributed by atoms with van der Waals surface area (Å²) in [6.07, 6.45) is 5.29. The van der Waals surface area contributed by atoms with Crippen LogP contribution in [0.4, 0.5) is 0 Å². The number of rotatable bonds is 6. The highest BCUT2D eigenvalue weighted by Gasteiger charge is 2.30. The van der Waals surface area contributed by atoms with Crippen molar-refractivity contribution in [3.63, 3.8) is 0 Å². The minimum Gasteiger partial charge on any atom is -0.486 e. The van der Waals surface area contributed by atoms with Crippen molar-refractivity contribution in [3.05, 3.63) is 18.2 Å². The summed E-state index contributed by atoms with van der Waals surface area (Å²) in [7, 11) is -3.87. The first kappa shape index (κ1) is 19.9. The van der Waals surface area contributed by atoms with Crippen LogP contribution in [0.3, 0.4) is 0 Å². The standard InChI is InChI=1S/C19H28N2O5S/c1-13(2)18(19(22)20-14-6-4-3-5-7-14)21-27(23,24)15-8-9-16-17(12-15)26-11-10-25-16/h8-9,12-14,18,21H,3-7,10-11H2,1-2H3,(H,20,22)/t18-/m0/s1. The van der Waals surface area contributed by atoms with Crippen molar-refractivity contribution in [1.29, 1.82) is 0 Å². The molecule has 7 nitrogen and oxygen atoms in total. The molecule has 0 aromatic heterocycles. The van der Waals surface area contributed by atoms with Crippen LogP contribution in [0.2, 0.25) is 0 Å². The molecule has 0 spiro atoms. The number of carbonyl (C=O) groups is 1. The highest BCUT2D eigenvalue weighted by molar-refractivity contribution is 7.89. The summed E-state index contributed by atoms with van der Waals surface area (Å²) in [6.45, 7) is 4.48. The fourth-order valence-corrected chi connectivity index (χ4v) is 4.82. The van der Waals surface area contributed by atoms with Crippen LogP contribution in [-0.2, 0) is 14.8 Å². The fraction of sp³-hybridized carbons (Fsp3) is 0.632. The number of benzene rings is 1. The molecule has 1 aliphatic heterocycles. The zero-order valence-electron chi connectivity index (χ0n) is 15.9. The molecule has 2 aliphatic rings. The SMILES string of the molecule is CC(C)[C@H](NS(=O)(=O)c1ccc2c(c1)OCCO2)C(=O)NC1CCCCC1. The zero-order chi connectivity index (χ0) is 19.4. The van der Waals surface area contributed by atoms with Crippen LogP contribution in [-0.4, -0.2) is 39.6 Å². The number of nitrogens with one attached hydrogen (secondary N) is 2. The van der Waals surface area contributed by atoms with Crippen LogP contribution >= 0.6 is 0 Å². The third-order valence-electron chi connectivity index (χ3n) is 5.01. The number of amides is 1. The van der Waals surface area contributed by atoms with Gasteiger partial charge in [-0.05, 0) is 30.9 Å². The van der Waals surface area contributed by atoms with Crippen molar-refractivity contribution in [3.8, 4) is 11.5 Å². The number of ether oxygens (including phenoxy) is 2. The van der Waals surface area contributed by atoms with Gasteiger partial charge in [-0.25, -0.2) is 8.42 Å². The Morgan fingerprint density at radius 2 is 1.74 bits per heavy atom. The lowest BCUT2D eigenvalue weighted by molar-refractivity contribution is -0.124. The van der Waals surface area contributed by atoms with Crippen LogP contribution in [0.25, 0.3) is 0 Å². The predicted octanol–water partition coefficient (Wildman–Crippen LogP) is 2.21. The second-order valence-corrected chi connectivity index (χ2v) is 9.21. The lowest BCUT2D eigenvalue weighted by Crippen LogP contribution is -2.52. The molecule has 1 amide bonds. The first-order valence-electron chi connectivity index (χ1n) is 9.59. The predicted molar refractivity (Wildman–Crippen MR) is 101 cm³/mol. The third kappa shape index (κ3) is 4.93. The molecule has 1 heterocycles. The van der Waals surface area contributed by atoms with Gasteiger partial charge in [-0.2, -0.15) is 4.72 Å². The van der Waals surface area contributed by atoms with Crippen LogP contribution < -0.4 is 19.5 Å². The van der Waals surface area contributed by atoms with Crippen molar-refractivity contribution in [2.45, 2.75) is 62.9 Å². The van der Waals surface area contributed by atoms with E-state index in [1.807, 2.05) is 13.8 Å². The smallest absolute Gasteiger partial charge is 0.241 e. The normalized spacial score (nSPS) is 18.9. The molecule has 0 unspecified atom stereocenters. The Kier molecular flexibility index (Phi) is 6.26. The van der Waals surface area contributed by atoms with E-state index < -0.39 is 16.1 Å². The maximum absolute atomic E-state index is 12.8. The van der Waals surface area contributed by atoms with E-state index in [2.05, 4.69) is 10.0 Å². The number of hydrogen-bond acceptors (Lipinski definition) is 5. The van der Waals surface area contributed by atoms with E-state index in [1.54, 1.807) is 6.07 Å². The fourth-order valence-electron chi connectivity index (χ4n) is 3.46. The molecule has 1 aromatic carbocycles. The molecule has 0 bridgehead atoms. The van der Waals surface area contributed by atoms with E-state index in [1.165, 1.54) is 18.6 Å². The topological polar surface area (TPSA) is 93.7 Å². The van der Waals surface area contributed by atoms with E-state index in [4.69, 9.17) is 9.47 Å². The van der Waals surface area contributed by atoms with Gasteiger partial charge in [0, 0.05) is 12.1 Å². The number of hydrogen-bond donors (Lipinski definition) is 2. The molecule has 3 rings (SSSR count). The maximum Gasteiger partial charge on any atom is 0.241 e. The Labute approximate surface area is 160 Å². The van der Waals surface area contributed by atoms with Crippen LogP contribution in [0.5, 0.6) is 11.5 Å². The molecule has 27 heavy (non-hydrogen) atoms. The van der Waals surface area contributed by atoms with E-state index in [0.29, 0.717) is 24.7 Å². The number of fused-ring (bicyclic) bond motifs is 1. The van der Waals surface area contributed by atoms with E-state index in [0.717, 1.165) is 25.7 Å². The van der Waals surface area contributed by atoms with Gasteiger partial charge in [-0.15, -0.1) is 0 Å². The minimum atomic E-state index is -3.87. The molecular formula is C19H28N2O5S. The maximum atomic E-state index is 12.8. The van der Waals surface area contributed by atoms with Crippen LogP contribution in [0, 0.1) is 5.92 Å². The molecule has 1 aromatic rings. The van der Waals surface area contributed by atoms with Crippen molar-refractivity contribution in [2.24, 2.45) is 5.92 Å². The van der Waals surface area contributed by atoms with Gasteiger partial charge in [0.1, 0.15) is 19.3 Å². The Hall–Kier alpha value is -1.80. The monoisotopic (exact) mass is 396 g/mol. The van der Waals surface area contributed by atoms with Crippen LogP contribution in [0.1, 0.15) is 46.0 Å². The summed E-state index contributed by atoms with van der Waals surface area (Å²) in [5.41, 5.74) is 0. The van der Waals surface area contributed by atoms with Crippen LogP contribution in [0.15, 0.2) is 23.1 Å². The van der Waals surface area contributed by atoms with Gasteiger partial charge in [0.2, 0.25) is 15.9 Å². The minimum absolute atomic E-state index is 0.0582. The molecule has 8 heteroatoms. The van der Waals surface area contributed by atoms with Crippen molar-refractivity contribution >= 4 is 15.9 Å². The van der Waals surface area contributed by atoms with E-state index >= 15 is 0 Å². The summed E-state index contributed by atoms with van der Waals surface area (Å²) < 4.78 is 39.1. The lowest BCUT2D eigenvalue weighted by atomic mass is 9.94. The number of carbonyl (C=O) groups excluding carboxylic acids is 1. The second-order valence-electron chi connectivity index (χ2n) is 7.49. The van der Waals surface area contributed by atoms with Gasteiger partial charge in [0.15, 0.2) is 11.5 Å². The summed E-state index contributed by atoms with van der Waals surface area (Å²) in [5, 5.41) is 3.01. The van der Waals surface area contributed by atoms with Crippen molar-refractivity contribution in [1.82, 2.24) is 10.0 Å². The Balaban J connectivity index is 1.73. The molecule has 0 radical (unpaired) electrons. The van der Waals surface area contributed by atoms with Crippen molar-refractivity contribution < 1.29 is 22.7 Å². The largest absolute Gasteiger partial charge is 0.486 e. The molecule has 150 valence electrons. The molecule has 0 saturated heterocycles. The quantitative estimate of drug-likeness (QED) is 0.769. The number of sulfonamides is 1. The summed E-state index contributed by atoms with van der Waals surface area (Å²) in [6, 6.07) is 3.78.